The van der Waals surface area contributed by atoms with E-state index in [-0.39, 0.29) is 0 Å². The summed E-state index contributed by atoms with van der Waals surface area (Å²) < 4.78 is 5.45. The van der Waals surface area contributed by atoms with Gasteiger partial charge in [-0.3, -0.25) is 0 Å². The fourth-order valence-corrected chi connectivity index (χ4v) is 1.61. The van der Waals surface area contributed by atoms with Crippen LogP contribution < -0.4 is 9.64 Å². The second-order valence-electron chi connectivity index (χ2n) is 3.46. The molecule has 3 nitrogen and oxygen atoms in total. The first kappa shape index (κ1) is 11.8. The zero-order valence-corrected chi connectivity index (χ0v) is 10.0. The van der Waals surface area contributed by atoms with E-state index in [1.807, 2.05) is 19.9 Å². The quantitative estimate of drug-likeness (QED) is 0.709. The lowest BCUT2D eigenvalue weighted by atomic mass is 10.2. The lowest BCUT2D eigenvalue weighted by Gasteiger charge is -2.33. The second-order valence-corrected chi connectivity index (χ2v) is 3.46. The van der Waals surface area contributed by atoms with Crippen molar-refractivity contribution >= 4 is 5.69 Å². The van der Waals surface area contributed by atoms with Gasteiger partial charge in [-0.05, 0) is 26.0 Å². The molecule has 2 rings (SSSR count). The van der Waals surface area contributed by atoms with Crippen LogP contribution in [-0.2, 0) is 0 Å². The summed E-state index contributed by atoms with van der Waals surface area (Å²) in [6, 6.07) is 4.51. The summed E-state index contributed by atoms with van der Waals surface area (Å²) in [5, 5.41) is 0. The highest BCUT2D eigenvalue weighted by molar-refractivity contribution is 5.56. The Morgan fingerprint density at radius 3 is 2.80 bits per heavy atom. The number of ether oxygens (including phenoxy) is 1. The van der Waals surface area contributed by atoms with Crippen LogP contribution in [0.3, 0.4) is 0 Å². The van der Waals surface area contributed by atoms with E-state index in [0.29, 0.717) is 6.04 Å². The lowest BCUT2D eigenvalue weighted by molar-refractivity contribution is 0.291. The molecule has 84 valence electrons. The maximum absolute atomic E-state index is 5.45. The molecule has 0 unspecified atom stereocenters. The molecular formula is C12H20N2O. The van der Waals surface area contributed by atoms with Crippen LogP contribution in [0.25, 0.3) is 0 Å². The first-order valence-electron chi connectivity index (χ1n) is 5.63. The van der Waals surface area contributed by atoms with Crippen molar-refractivity contribution < 1.29 is 4.74 Å². The molecule has 15 heavy (non-hydrogen) atoms. The van der Waals surface area contributed by atoms with Gasteiger partial charge in [-0.25, -0.2) is 4.98 Å². The average Bonchev–Trinajstić information content (AvgIpc) is 2.31. The molecule has 1 aliphatic rings. The van der Waals surface area contributed by atoms with Crippen LogP contribution in [-0.4, -0.2) is 24.2 Å². The van der Waals surface area contributed by atoms with Crippen LogP contribution in [0.2, 0.25) is 0 Å². The lowest BCUT2D eigenvalue weighted by Crippen LogP contribution is -2.38. The van der Waals surface area contributed by atoms with Gasteiger partial charge in [0.2, 0.25) is 5.88 Å². The molecule has 0 N–H and O–H groups in total. The topological polar surface area (TPSA) is 25.4 Å². The van der Waals surface area contributed by atoms with E-state index in [2.05, 4.69) is 29.8 Å². The van der Waals surface area contributed by atoms with Crippen LogP contribution in [0.15, 0.2) is 18.3 Å². The number of hydrogen-bond donors (Lipinski definition) is 0. The second kappa shape index (κ2) is 5.59. The van der Waals surface area contributed by atoms with Crippen LogP contribution >= 0.6 is 0 Å². The highest BCUT2D eigenvalue weighted by atomic mass is 16.5. The van der Waals surface area contributed by atoms with Crippen molar-refractivity contribution in [2.45, 2.75) is 33.7 Å². The van der Waals surface area contributed by atoms with E-state index in [9.17, 15) is 0 Å². The molecular weight excluding hydrogens is 188 g/mol. The molecule has 2 heterocycles. The molecule has 0 spiro atoms. The summed E-state index contributed by atoms with van der Waals surface area (Å²) in [5.74, 6) is 0.766. The zero-order valence-electron chi connectivity index (χ0n) is 10.0. The minimum absolute atomic E-state index is 0.506. The molecule has 0 fully saturated rings. The van der Waals surface area contributed by atoms with Crippen LogP contribution in [0.5, 0.6) is 5.88 Å². The molecule has 3 heteroatoms. The van der Waals surface area contributed by atoms with Crippen molar-refractivity contribution in [3.05, 3.63) is 18.3 Å². The van der Waals surface area contributed by atoms with Crippen LogP contribution in [0, 0.1) is 0 Å². The van der Waals surface area contributed by atoms with Gasteiger partial charge in [-0.15, -0.1) is 0 Å². The standard InChI is InChI=1S/C10H14N2O.C2H6/c1-8(2)12-6-7-13-10-9(12)4-3-5-11-10;1-2/h3-5,8H,6-7H2,1-2H3;1-2H3. The maximum Gasteiger partial charge on any atom is 0.237 e. The summed E-state index contributed by atoms with van der Waals surface area (Å²) >= 11 is 0. The Morgan fingerprint density at radius 2 is 2.13 bits per heavy atom. The maximum atomic E-state index is 5.45. The fraction of sp³-hybridized carbons (Fsp3) is 0.583. The van der Waals surface area contributed by atoms with E-state index in [0.717, 1.165) is 24.7 Å². The molecule has 0 amide bonds. The molecule has 0 saturated carbocycles. The van der Waals surface area contributed by atoms with Gasteiger partial charge in [-0.2, -0.15) is 0 Å². The Balaban J connectivity index is 0.000000531. The average molecular weight is 208 g/mol. The summed E-state index contributed by atoms with van der Waals surface area (Å²) in [6.07, 6.45) is 1.77. The molecule has 0 saturated heterocycles. The molecule has 0 aromatic carbocycles. The Hall–Kier alpha value is -1.25. The highest BCUT2D eigenvalue weighted by Crippen LogP contribution is 2.29. The van der Waals surface area contributed by atoms with Crippen molar-refractivity contribution in [1.82, 2.24) is 4.98 Å². The third kappa shape index (κ3) is 2.61. The number of anilines is 1. The Bertz CT molecular complexity index is 299. The number of nitrogens with zero attached hydrogens (tertiary/aromatic N) is 2. The van der Waals surface area contributed by atoms with Gasteiger partial charge in [0.25, 0.3) is 0 Å². The van der Waals surface area contributed by atoms with Gasteiger partial charge in [0, 0.05) is 12.2 Å². The van der Waals surface area contributed by atoms with Crippen molar-refractivity contribution in [1.29, 1.82) is 0 Å². The van der Waals surface area contributed by atoms with Crippen molar-refractivity contribution in [2.75, 3.05) is 18.1 Å². The highest BCUT2D eigenvalue weighted by Gasteiger charge is 2.20. The number of hydrogen-bond acceptors (Lipinski definition) is 3. The van der Waals surface area contributed by atoms with Crippen LogP contribution in [0.1, 0.15) is 27.7 Å². The van der Waals surface area contributed by atoms with Gasteiger partial charge < -0.3 is 9.64 Å². The van der Waals surface area contributed by atoms with Crippen molar-refractivity contribution in [2.24, 2.45) is 0 Å². The first-order valence-corrected chi connectivity index (χ1v) is 5.63. The van der Waals surface area contributed by atoms with Gasteiger partial charge >= 0.3 is 0 Å². The molecule has 0 aliphatic carbocycles. The van der Waals surface area contributed by atoms with Gasteiger partial charge in [0.05, 0.1) is 6.54 Å². The predicted molar refractivity (Wildman–Crippen MR) is 63.6 cm³/mol. The van der Waals surface area contributed by atoms with Gasteiger partial charge in [-0.1, -0.05) is 13.8 Å². The molecule has 1 aliphatic heterocycles. The monoisotopic (exact) mass is 208 g/mol. The van der Waals surface area contributed by atoms with E-state index in [1.54, 1.807) is 6.20 Å². The zero-order chi connectivity index (χ0) is 11.3. The third-order valence-corrected chi connectivity index (χ3v) is 2.25. The van der Waals surface area contributed by atoms with Crippen LogP contribution in [0.4, 0.5) is 5.69 Å². The summed E-state index contributed by atoms with van der Waals surface area (Å²) in [6.45, 7) is 10.1. The Kier molecular flexibility index (Phi) is 4.40. The minimum Gasteiger partial charge on any atom is -0.474 e. The van der Waals surface area contributed by atoms with Gasteiger partial charge in [0.1, 0.15) is 12.3 Å². The third-order valence-electron chi connectivity index (χ3n) is 2.25. The normalized spacial score (nSPS) is 13.8. The molecule has 0 radical (unpaired) electrons. The number of pyridine rings is 1. The fourth-order valence-electron chi connectivity index (χ4n) is 1.61. The number of rotatable bonds is 1. The molecule has 1 aromatic heterocycles. The Labute approximate surface area is 92.1 Å². The molecule has 0 bridgehead atoms. The number of fused-ring (bicyclic) bond motifs is 1. The summed E-state index contributed by atoms with van der Waals surface area (Å²) in [7, 11) is 0. The van der Waals surface area contributed by atoms with Gasteiger partial charge in [0.15, 0.2) is 0 Å². The smallest absolute Gasteiger partial charge is 0.237 e. The summed E-state index contributed by atoms with van der Waals surface area (Å²) in [5.41, 5.74) is 1.11. The van der Waals surface area contributed by atoms with E-state index in [1.165, 1.54) is 0 Å². The van der Waals surface area contributed by atoms with E-state index < -0.39 is 0 Å². The van der Waals surface area contributed by atoms with E-state index in [4.69, 9.17) is 4.74 Å². The number of aromatic nitrogens is 1. The Morgan fingerprint density at radius 1 is 1.40 bits per heavy atom. The SMILES string of the molecule is CC.CC(C)N1CCOc2ncccc21. The predicted octanol–water partition coefficient (Wildman–Crippen LogP) is 2.72. The minimum atomic E-state index is 0.506. The van der Waals surface area contributed by atoms with Crippen molar-refractivity contribution in [3.8, 4) is 5.88 Å². The van der Waals surface area contributed by atoms with E-state index >= 15 is 0 Å². The largest absolute Gasteiger partial charge is 0.474 e. The molecule has 0 atom stereocenters. The molecule has 1 aromatic rings. The van der Waals surface area contributed by atoms with Crippen molar-refractivity contribution in [3.63, 3.8) is 0 Å². The first-order chi connectivity index (χ1) is 7.29. The summed E-state index contributed by atoms with van der Waals surface area (Å²) in [4.78, 5) is 6.50.